The molecule has 2 atom stereocenters. The minimum Gasteiger partial charge on any atom is -0.357 e. The molecule has 1 fully saturated rings. The molecular formula is C20H31F3N4O2S. The van der Waals surface area contributed by atoms with Crippen molar-refractivity contribution in [2.75, 3.05) is 26.2 Å². The van der Waals surface area contributed by atoms with Crippen LogP contribution in [0.2, 0.25) is 0 Å². The number of nitrogens with zero attached hydrogens (tertiary/aromatic N) is 2. The molecular weight excluding hydrogens is 417 g/mol. The number of piperidine rings is 1. The number of hydrogen-bond donors (Lipinski definition) is 2. The maximum Gasteiger partial charge on any atom is 0.511 e. The molecule has 6 nitrogen and oxygen atoms in total. The summed E-state index contributed by atoms with van der Waals surface area (Å²) in [5.41, 5.74) is -4.03. The summed E-state index contributed by atoms with van der Waals surface area (Å²) >= 11 is 0. The van der Waals surface area contributed by atoms with Crippen LogP contribution in [0.25, 0.3) is 0 Å². The monoisotopic (exact) mass is 448 g/mol. The first-order valence-electron chi connectivity index (χ1n) is 10.2. The molecule has 2 rings (SSSR count). The molecule has 0 amide bonds. The zero-order valence-electron chi connectivity index (χ0n) is 17.6. The average molecular weight is 449 g/mol. The van der Waals surface area contributed by atoms with E-state index in [1.54, 1.807) is 0 Å². The third-order valence-corrected chi connectivity index (χ3v) is 7.13. The Kier molecular flexibility index (Phi) is 8.54. The van der Waals surface area contributed by atoms with Gasteiger partial charge in [-0.25, -0.2) is 8.42 Å². The van der Waals surface area contributed by atoms with E-state index in [4.69, 9.17) is 0 Å². The summed E-state index contributed by atoms with van der Waals surface area (Å²) in [5, 5.41) is 6.59. The van der Waals surface area contributed by atoms with Crippen molar-refractivity contribution in [2.45, 2.75) is 51.1 Å². The third kappa shape index (κ3) is 6.34. The fourth-order valence-electron chi connectivity index (χ4n) is 3.40. The Bertz CT molecular complexity index is 792. The average Bonchev–Trinajstić information content (AvgIpc) is 2.71. The molecule has 170 valence electrons. The Balaban J connectivity index is 1.92. The van der Waals surface area contributed by atoms with E-state index < -0.39 is 15.5 Å². The summed E-state index contributed by atoms with van der Waals surface area (Å²) < 4.78 is 61.7. The Morgan fingerprint density at radius 3 is 2.33 bits per heavy atom. The number of nitrogens with one attached hydrogen (secondary N) is 2. The lowest BCUT2D eigenvalue weighted by Crippen LogP contribution is -2.46. The fourth-order valence-corrected chi connectivity index (χ4v) is 4.39. The van der Waals surface area contributed by atoms with E-state index in [1.807, 2.05) is 25.1 Å². The van der Waals surface area contributed by atoms with Crippen LogP contribution in [0.15, 0.2) is 35.3 Å². The molecule has 0 spiro atoms. The first-order chi connectivity index (χ1) is 14.1. The minimum absolute atomic E-state index is 0.0435. The standard InChI is InChI=1S/C20H31F3N4O2S/c1-4-24-19(26-16(3)15(2)18-8-6-5-7-9-18)25-14-17-10-12-27(13-11-17)30(28,29)20(21,22)23/h5-9,15-17H,4,10-14H2,1-3H3,(H2,24,25,26). The number of aliphatic imine (C=N–C) groups is 1. The van der Waals surface area contributed by atoms with Gasteiger partial charge in [-0.05, 0) is 38.2 Å². The van der Waals surface area contributed by atoms with E-state index in [1.165, 1.54) is 5.56 Å². The molecule has 0 aliphatic carbocycles. The first kappa shape index (κ1) is 24.5. The summed E-state index contributed by atoms with van der Waals surface area (Å²) in [6.45, 7) is 7.02. The summed E-state index contributed by atoms with van der Waals surface area (Å²) in [7, 11) is -5.24. The fraction of sp³-hybridized carbons (Fsp3) is 0.650. The number of rotatable bonds is 7. The van der Waals surface area contributed by atoms with Gasteiger partial charge in [0.25, 0.3) is 0 Å². The number of benzene rings is 1. The van der Waals surface area contributed by atoms with Crippen LogP contribution in [0.1, 0.15) is 45.1 Å². The van der Waals surface area contributed by atoms with Crippen LogP contribution in [0.4, 0.5) is 13.2 Å². The van der Waals surface area contributed by atoms with Crippen molar-refractivity contribution >= 4 is 16.0 Å². The van der Waals surface area contributed by atoms with E-state index in [9.17, 15) is 21.6 Å². The van der Waals surface area contributed by atoms with Gasteiger partial charge in [-0.1, -0.05) is 37.3 Å². The highest BCUT2D eigenvalue weighted by atomic mass is 32.2. The number of halogens is 3. The van der Waals surface area contributed by atoms with Crippen molar-refractivity contribution in [1.82, 2.24) is 14.9 Å². The third-order valence-electron chi connectivity index (χ3n) is 5.50. The smallest absolute Gasteiger partial charge is 0.357 e. The number of sulfonamides is 1. The van der Waals surface area contributed by atoms with Crippen LogP contribution in [0.3, 0.4) is 0 Å². The lowest BCUT2D eigenvalue weighted by Gasteiger charge is -2.31. The van der Waals surface area contributed by atoms with E-state index in [2.05, 4.69) is 41.6 Å². The van der Waals surface area contributed by atoms with Crippen molar-refractivity contribution in [3.8, 4) is 0 Å². The Labute approximate surface area is 177 Å². The second-order valence-electron chi connectivity index (χ2n) is 7.65. The molecule has 1 saturated heterocycles. The molecule has 0 saturated carbocycles. The topological polar surface area (TPSA) is 73.8 Å². The van der Waals surface area contributed by atoms with Gasteiger partial charge in [-0.2, -0.15) is 17.5 Å². The van der Waals surface area contributed by atoms with E-state index in [-0.39, 0.29) is 31.0 Å². The second-order valence-corrected chi connectivity index (χ2v) is 9.57. The number of hydrogen-bond acceptors (Lipinski definition) is 3. The molecule has 1 aliphatic rings. The van der Waals surface area contributed by atoms with Gasteiger partial charge in [-0.15, -0.1) is 0 Å². The van der Waals surface area contributed by atoms with Crippen molar-refractivity contribution in [3.05, 3.63) is 35.9 Å². The molecule has 0 aromatic heterocycles. The molecule has 30 heavy (non-hydrogen) atoms. The Hall–Kier alpha value is -1.81. The largest absolute Gasteiger partial charge is 0.511 e. The van der Waals surface area contributed by atoms with Crippen LogP contribution in [-0.4, -0.2) is 56.4 Å². The number of alkyl halides is 3. The van der Waals surface area contributed by atoms with Gasteiger partial charge >= 0.3 is 15.5 Å². The summed E-state index contributed by atoms with van der Waals surface area (Å²) in [6, 6.07) is 10.3. The van der Waals surface area contributed by atoms with E-state index >= 15 is 0 Å². The van der Waals surface area contributed by atoms with Gasteiger partial charge in [0.05, 0.1) is 0 Å². The van der Waals surface area contributed by atoms with Gasteiger partial charge < -0.3 is 10.6 Å². The first-order valence-corrected chi connectivity index (χ1v) is 11.7. The lowest BCUT2D eigenvalue weighted by molar-refractivity contribution is -0.0496. The Morgan fingerprint density at radius 2 is 1.80 bits per heavy atom. The van der Waals surface area contributed by atoms with Crippen LogP contribution < -0.4 is 10.6 Å². The van der Waals surface area contributed by atoms with Crippen LogP contribution in [-0.2, 0) is 10.0 Å². The minimum atomic E-state index is -5.24. The molecule has 1 heterocycles. The molecule has 10 heteroatoms. The second kappa shape index (κ2) is 10.5. The predicted octanol–water partition coefficient (Wildman–Crippen LogP) is 3.30. The highest BCUT2D eigenvalue weighted by molar-refractivity contribution is 7.90. The molecule has 1 aromatic rings. The summed E-state index contributed by atoms with van der Waals surface area (Å²) in [4.78, 5) is 4.59. The van der Waals surface area contributed by atoms with Gasteiger partial charge in [-0.3, -0.25) is 4.99 Å². The maximum atomic E-state index is 12.7. The van der Waals surface area contributed by atoms with E-state index in [0.29, 0.717) is 36.2 Å². The van der Waals surface area contributed by atoms with Crippen LogP contribution >= 0.6 is 0 Å². The van der Waals surface area contributed by atoms with Crippen molar-refractivity contribution in [3.63, 3.8) is 0 Å². The Morgan fingerprint density at radius 1 is 1.20 bits per heavy atom. The van der Waals surface area contributed by atoms with Gasteiger partial charge in [0, 0.05) is 38.1 Å². The van der Waals surface area contributed by atoms with Gasteiger partial charge in [0.15, 0.2) is 5.96 Å². The molecule has 1 aliphatic heterocycles. The highest BCUT2D eigenvalue weighted by Crippen LogP contribution is 2.30. The van der Waals surface area contributed by atoms with E-state index in [0.717, 1.165) is 0 Å². The van der Waals surface area contributed by atoms with Crippen LogP contribution in [0, 0.1) is 5.92 Å². The van der Waals surface area contributed by atoms with Crippen molar-refractivity contribution < 1.29 is 21.6 Å². The van der Waals surface area contributed by atoms with Crippen molar-refractivity contribution in [1.29, 1.82) is 0 Å². The maximum absolute atomic E-state index is 12.7. The van der Waals surface area contributed by atoms with Crippen LogP contribution in [0.5, 0.6) is 0 Å². The summed E-state index contributed by atoms with van der Waals surface area (Å²) in [5.74, 6) is 0.950. The highest BCUT2D eigenvalue weighted by Gasteiger charge is 2.50. The van der Waals surface area contributed by atoms with Gasteiger partial charge in [0.2, 0.25) is 0 Å². The number of guanidine groups is 1. The normalized spacial score (nSPS) is 19.3. The summed E-state index contributed by atoms with van der Waals surface area (Å²) in [6.07, 6.45) is 0.711. The lowest BCUT2D eigenvalue weighted by atomic mass is 9.94. The zero-order valence-corrected chi connectivity index (χ0v) is 18.4. The molecule has 2 unspecified atom stereocenters. The van der Waals surface area contributed by atoms with Gasteiger partial charge in [0.1, 0.15) is 0 Å². The molecule has 0 radical (unpaired) electrons. The quantitative estimate of drug-likeness (QED) is 0.496. The SMILES string of the molecule is CCNC(=NCC1CCN(S(=O)(=O)C(F)(F)F)CC1)NC(C)C(C)c1ccccc1. The molecule has 1 aromatic carbocycles. The zero-order chi connectivity index (χ0) is 22.4. The predicted molar refractivity (Wildman–Crippen MR) is 113 cm³/mol. The van der Waals surface area contributed by atoms with Crippen molar-refractivity contribution in [2.24, 2.45) is 10.9 Å². The molecule has 0 bridgehead atoms. The molecule has 2 N–H and O–H groups in total.